The Balaban J connectivity index is 1.67. The van der Waals surface area contributed by atoms with E-state index in [4.69, 9.17) is 0 Å². The Morgan fingerprint density at radius 1 is 1.50 bits per heavy atom. The van der Waals surface area contributed by atoms with E-state index in [1.165, 1.54) is 12.1 Å². The molecule has 5 heteroatoms. The summed E-state index contributed by atoms with van der Waals surface area (Å²) >= 11 is 0. The zero-order chi connectivity index (χ0) is 15.7. The Kier molecular flexibility index (Phi) is 3.96. The molecule has 1 amide bonds. The van der Waals surface area contributed by atoms with Gasteiger partial charge >= 0.3 is 0 Å². The van der Waals surface area contributed by atoms with E-state index in [0.29, 0.717) is 23.6 Å². The van der Waals surface area contributed by atoms with Crippen LogP contribution in [0.15, 0.2) is 30.6 Å². The maximum Gasteiger partial charge on any atom is 0.253 e. The van der Waals surface area contributed by atoms with Gasteiger partial charge in [-0.2, -0.15) is 0 Å². The summed E-state index contributed by atoms with van der Waals surface area (Å²) in [6.45, 7) is 3.37. The summed E-state index contributed by atoms with van der Waals surface area (Å²) < 4.78 is 15.3. The molecule has 0 bridgehead atoms. The van der Waals surface area contributed by atoms with Crippen LogP contribution in [0.1, 0.15) is 28.2 Å². The van der Waals surface area contributed by atoms with Crippen molar-refractivity contribution in [3.8, 4) is 0 Å². The summed E-state index contributed by atoms with van der Waals surface area (Å²) in [5.74, 6) is 1.20. The number of nitrogens with zero attached hydrogens (tertiary/aromatic N) is 3. The number of benzene rings is 1. The molecule has 1 unspecified atom stereocenters. The van der Waals surface area contributed by atoms with Crippen molar-refractivity contribution in [2.45, 2.75) is 26.3 Å². The molecule has 0 saturated carbocycles. The van der Waals surface area contributed by atoms with Gasteiger partial charge in [0, 0.05) is 44.5 Å². The molecule has 0 saturated heterocycles. The Morgan fingerprint density at radius 2 is 2.32 bits per heavy atom. The van der Waals surface area contributed by atoms with Crippen LogP contribution in [0.2, 0.25) is 0 Å². The third-order valence-electron chi connectivity index (χ3n) is 4.33. The first-order valence-corrected chi connectivity index (χ1v) is 7.56. The molecule has 0 fully saturated rings. The number of rotatable bonds is 3. The van der Waals surface area contributed by atoms with Gasteiger partial charge in [-0.05, 0) is 43.0 Å². The van der Waals surface area contributed by atoms with Crippen molar-refractivity contribution in [2.24, 2.45) is 5.92 Å². The fourth-order valence-electron chi connectivity index (χ4n) is 3.13. The molecular formula is C17H20FN3O. The summed E-state index contributed by atoms with van der Waals surface area (Å²) in [5, 5.41) is 0. The molecule has 0 N–H and O–H groups in total. The van der Waals surface area contributed by atoms with E-state index >= 15 is 0 Å². The molecule has 22 heavy (non-hydrogen) atoms. The van der Waals surface area contributed by atoms with E-state index in [-0.39, 0.29) is 11.7 Å². The molecule has 4 nitrogen and oxygen atoms in total. The van der Waals surface area contributed by atoms with Gasteiger partial charge in [0.25, 0.3) is 5.91 Å². The molecule has 1 aromatic heterocycles. The summed E-state index contributed by atoms with van der Waals surface area (Å²) in [5.41, 5.74) is 1.25. The van der Waals surface area contributed by atoms with E-state index in [1.54, 1.807) is 17.9 Å². The molecule has 1 aliphatic heterocycles. The fourth-order valence-corrected chi connectivity index (χ4v) is 3.13. The molecule has 3 rings (SSSR count). The SMILES string of the molecule is Cc1cc(F)ccc1C(=O)N(C)CC1CCc2nccn2C1. The van der Waals surface area contributed by atoms with Crippen LogP contribution >= 0.6 is 0 Å². The molecular weight excluding hydrogens is 281 g/mol. The number of amides is 1. The second kappa shape index (κ2) is 5.91. The van der Waals surface area contributed by atoms with Crippen molar-refractivity contribution >= 4 is 5.91 Å². The van der Waals surface area contributed by atoms with Gasteiger partial charge in [0.15, 0.2) is 0 Å². The molecule has 1 aromatic carbocycles. The summed E-state index contributed by atoms with van der Waals surface area (Å²) in [6.07, 6.45) is 5.81. The quantitative estimate of drug-likeness (QED) is 0.874. The first-order valence-electron chi connectivity index (χ1n) is 7.56. The van der Waals surface area contributed by atoms with Crippen molar-refractivity contribution in [1.29, 1.82) is 0 Å². The minimum atomic E-state index is -0.309. The van der Waals surface area contributed by atoms with Crippen molar-refractivity contribution in [3.05, 3.63) is 53.4 Å². The monoisotopic (exact) mass is 301 g/mol. The average molecular weight is 301 g/mol. The lowest BCUT2D eigenvalue weighted by Gasteiger charge is -2.28. The Morgan fingerprint density at radius 3 is 3.09 bits per heavy atom. The van der Waals surface area contributed by atoms with Crippen molar-refractivity contribution in [3.63, 3.8) is 0 Å². The van der Waals surface area contributed by atoms with Crippen LogP contribution in [0.4, 0.5) is 4.39 Å². The number of carbonyl (C=O) groups is 1. The maximum absolute atomic E-state index is 13.2. The van der Waals surface area contributed by atoms with Gasteiger partial charge in [-0.3, -0.25) is 4.79 Å². The smallest absolute Gasteiger partial charge is 0.253 e. The number of hydrogen-bond acceptors (Lipinski definition) is 2. The number of hydrogen-bond donors (Lipinski definition) is 0. The van der Waals surface area contributed by atoms with Crippen molar-refractivity contribution < 1.29 is 9.18 Å². The normalized spacial score (nSPS) is 17.1. The molecule has 0 radical (unpaired) electrons. The van der Waals surface area contributed by atoms with Crippen molar-refractivity contribution in [2.75, 3.05) is 13.6 Å². The van der Waals surface area contributed by atoms with Crippen LogP contribution in [0.5, 0.6) is 0 Å². The molecule has 2 heterocycles. The minimum Gasteiger partial charge on any atom is -0.341 e. The van der Waals surface area contributed by atoms with E-state index in [1.807, 2.05) is 19.4 Å². The lowest BCUT2D eigenvalue weighted by Crippen LogP contribution is -2.35. The standard InChI is InChI=1S/C17H20FN3O/c1-12-9-14(18)4-5-15(12)17(22)20(2)10-13-3-6-16-19-7-8-21(16)11-13/h4-5,7-9,13H,3,6,10-11H2,1-2H3. The van der Waals surface area contributed by atoms with Gasteiger partial charge in [0.2, 0.25) is 0 Å². The van der Waals surface area contributed by atoms with Crippen LogP contribution in [0.25, 0.3) is 0 Å². The average Bonchev–Trinajstić information content (AvgIpc) is 2.94. The second-order valence-electron chi connectivity index (χ2n) is 6.05. The van der Waals surface area contributed by atoms with Crippen molar-refractivity contribution in [1.82, 2.24) is 14.5 Å². The Bertz CT molecular complexity index is 695. The van der Waals surface area contributed by atoms with Gasteiger partial charge in [-0.1, -0.05) is 0 Å². The van der Waals surface area contributed by atoms with Crippen LogP contribution in [0, 0.1) is 18.7 Å². The Hall–Kier alpha value is -2.17. The Labute approximate surface area is 129 Å². The summed E-state index contributed by atoms with van der Waals surface area (Å²) in [7, 11) is 1.81. The van der Waals surface area contributed by atoms with E-state index in [2.05, 4.69) is 9.55 Å². The van der Waals surface area contributed by atoms with Crippen LogP contribution < -0.4 is 0 Å². The van der Waals surface area contributed by atoms with Gasteiger partial charge in [-0.15, -0.1) is 0 Å². The zero-order valence-corrected chi connectivity index (χ0v) is 12.9. The first kappa shape index (κ1) is 14.8. The summed E-state index contributed by atoms with van der Waals surface area (Å²) in [4.78, 5) is 18.6. The second-order valence-corrected chi connectivity index (χ2v) is 6.05. The lowest BCUT2D eigenvalue weighted by molar-refractivity contribution is 0.0760. The number of aromatic nitrogens is 2. The maximum atomic E-state index is 13.2. The van der Waals surface area contributed by atoms with Crippen LogP contribution in [-0.2, 0) is 13.0 Å². The highest BCUT2D eigenvalue weighted by molar-refractivity contribution is 5.95. The van der Waals surface area contributed by atoms with Crippen LogP contribution in [0.3, 0.4) is 0 Å². The highest BCUT2D eigenvalue weighted by Crippen LogP contribution is 2.20. The zero-order valence-electron chi connectivity index (χ0n) is 12.9. The molecule has 2 aromatic rings. The number of aryl methyl sites for hydroxylation is 2. The van der Waals surface area contributed by atoms with Gasteiger partial charge in [0.1, 0.15) is 11.6 Å². The number of fused-ring (bicyclic) bond motifs is 1. The minimum absolute atomic E-state index is 0.0473. The number of halogens is 1. The summed E-state index contributed by atoms with van der Waals surface area (Å²) in [6, 6.07) is 4.31. The molecule has 1 aliphatic rings. The molecule has 116 valence electrons. The molecule has 0 aliphatic carbocycles. The predicted octanol–water partition coefficient (Wildman–Crippen LogP) is 2.67. The van der Waals surface area contributed by atoms with Gasteiger partial charge in [0.05, 0.1) is 0 Å². The number of carbonyl (C=O) groups excluding carboxylic acids is 1. The lowest BCUT2D eigenvalue weighted by atomic mass is 9.98. The van der Waals surface area contributed by atoms with Crippen LogP contribution in [-0.4, -0.2) is 34.0 Å². The van der Waals surface area contributed by atoms with E-state index in [9.17, 15) is 9.18 Å². The third-order valence-corrected chi connectivity index (χ3v) is 4.33. The van der Waals surface area contributed by atoms with E-state index in [0.717, 1.165) is 25.2 Å². The topological polar surface area (TPSA) is 38.1 Å². The third kappa shape index (κ3) is 2.89. The predicted molar refractivity (Wildman–Crippen MR) is 82.1 cm³/mol. The number of imidazole rings is 1. The highest BCUT2D eigenvalue weighted by atomic mass is 19.1. The largest absolute Gasteiger partial charge is 0.341 e. The van der Waals surface area contributed by atoms with Gasteiger partial charge in [-0.25, -0.2) is 9.37 Å². The van der Waals surface area contributed by atoms with Gasteiger partial charge < -0.3 is 9.47 Å². The molecule has 0 spiro atoms. The molecule has 1 atom stereocenters. The highest BCUT2D eigenvalue weighted by Gasteiger charge is 2.23. The fraction of sp³-hybridized carbons (Fsp3) is 0.412. The first-order chi connectivity index (χ1) is 10.5. The van der Waals surface area contributed by atoms with E-state index < -0.39 is 0 Å².